The van der Waals surface area contributed by atoms with Gasteiger partial charge >= 0.3 is 11.7 Å². The number of carboxylic acids is 1. The number of aromatic nitrogens is 2. The van der Waals surface area contributed by atoms with E-state index in [2.05, 4.69) is 4.98 Å². The van der Waals surface area contributed by atoms with Gasteiger partial charge in [0.2, 0.25) is 0 Å². The summed E-state index contributed by atoms with van der Waals surface area (Å²) in [6.07, 6.45) is 3.08. The molecule has 0 unspecified atom stereocenters. The fraction of sp³-hybridized carbons (Fsp3) is 0.500. The zero-order chi connectivity index (χ0) is 11.6. The third kappa shape index (κ3) is 2.65. The molecular formula is C10H14N2O3. The lowest BCUT2D eigenvalue weighted by atomic mass is 9.94. The zero-order valence-electron chi connectivity index (χ0n) is 9.02. The molecule has 0 spiro atoms. The van der Waals surface area contributed by atoms with Crippen LogP contribution in [0.1, 0.15) is 19.4 Å². The second-order valence-electron chi connectivity index (χ2n) is 4.23. The maximum atomic E-state index is 11.3. The lowest BCUT2D eigenvalue weighted by molar-refractivity contribution is -0.147. The number of rotatable bonds is 3. The topological polar surface area (TPSA) is 72.2 Å². The SMILES string of the molecule is Cc1cnc(=O)n(CC(C)(C)C(=O)O)c1. The molecule has 5 heteroatoms. The van der Waals surface area contributed by atoms with Crippen molar-refractivity contribution in [3.63, 3.8) is 0 Å². The van der Waals surface area contributed by atoms with Gasteiger partial charge in [-0.3, -0.25) is 9.36 Å². The molecule has 1 rings (SSSR count). The second kappa shape index (κ2) is 3.84. The number of aryl methyl sites for hydroxylation is 1. The Morgan fingerprint density at radius 2 is 2.20 bits per heavy atom. The van der Waals surface area contributed by atoms with Crippen molar-refractivity contribution in [2.45, 2.75) is 27.3 Å². The van der Waals surface area contributed by atoms with Gasteiger partial charge < -0.3 is 5.11 Å². The Balaban J connectivity index is 3.04. The van der Waals surface area contributed by atoms with Crippen LogP contribution in [0.4, 0.5) is 0 Å². The largest absolute Gasteiger partial charge is 0.481 e. The van der Waals surface area contributed by atoms with Crippen LogP contribution in [0.2, 0.25) is 0 Å². The Morgan fingerprint density at radius 1 is 1.60 bits per heavy atom. The summed E-state index contributed by atoms with van der Waals surface area (Å²) in [5.74, 6) is -0.934. The van der Waals surface area contributed by atoms with Crippen molar-refractivity contribution in [2.75, 3.05) is 0 Å². The van der Waals surface area contributed by atoms with E-state index in [0.717, 1.165) is 5.56 Å². The number of carbonyl (C=O) groups is 1. The summed E-state index contributed by atoms with van der Waals surface area (Å²) in [6.45, 7) is 5.07. The van der Waals surface area contributed by atoms with Crippen LogP contribution < -0.4 is 5.69 Å². The van der Waals surface area contributed by atoms with Crippen molar-refractivity contribution in [2.24, 2.45) is 5.41 Å². The van der Waals surface area contributed by atoms with E-state index in [1.807, 2.05) is 0 Å². The quantitative estimate of drug-likeness (QED) is 0.795. The third-order valence-electron chi connectivity index (χ3n) is 2.13. The highest BCUT2D eigenvalue weighted by Gasteiger charge is 2.28. The molecule has 0 radical (unpaired) electrons. The van der Waals surface area contributed by atoms with Gasteiger partial charge in [-0.15, -0.1) is 0 Å². The van der Waals surface area contributed by atoms with Crippen LogP contribution in [0.15, 0.2) is 17.2 Å². The van der Waals surface area contributed by atoms with Crippen molar-refractivity contribution < 1.29 is 9.90 Å². The Morgan fingerprint density at radius 3 is 2.73 bits per heavy atom. The Hall–Kier alpha value is -1.65. The molecule has 0 amide bonds. The predicted octanol–water partition coefficient (Wildman–Crippen LogP) is 0.663. The summed E-state index contributed by atoms with van der Waals surface area (Å²) in [7, 11) is 0. The molecule has 82 valence electrons. The molecule has 0 aliphatic rings. The molecule has 1 N–H and O–H groups in total. The van der Waals surface area contributed by atoms with Gasteiger partial charge in [-0.05, 0) is 26.3 Å². The lowest BCUT2D eigenvalue weighted by Crippen LogP contribution is -2.34. The molecule has 1 aromatic rings. The van der Waals surface area contributed by atoms with Crippen molar-refractivity contribution in [3.05, 3.63) is 28.4 Å². The van der Waals surface area contributed by atoms with Gasteiger partial charge in [-0.1, -0.05) is 0 Å². The first-order valence-corrected chi connectivity index (χ1v) is 4.59. The van der Waals surface area contributed by atoms with Crippen LogP contribution in [0.3, 0.4) is 0 Å². The highest BCUT2D eigenvalue weighted by atomic mass is 16.4. The van der Waals surface area contributed by atoms with E-state index in [-0.39, 0.29) is 6.54 Å². The van der Waals surface area contributed by atoms with Crippen molar-refractivity contribution in [3.8, 4) is 0 Å². The van der Waals surface area contributed by atoms with Crippen LogP contribution in [-0.2, 0) is 11.3 Å². The first-order chi connectivity index (χ1) is 6.83. The smallest absolute Gasteiger partial charge is 0.347 e. The average Bonchev–Trinajstić information content (AvgIpc) is 2.10. The van der Waals surface area contributed by atoms with Gasteiger partial charge in [0.25, 0.3) is 0 Å². The first-order valence-electron chi connectivity index (χ1n) is 4.59. The van der Waals surface area contributed by atoms with Gasteiger partial charge in [0.15, 0.2) is 0 Å². The second-order valence-corrected chi connectivity index (χ2v) is 4.23. The van der Waals surface area contributed by atoms with E-state index in [1.165, 1.54) is 10.8 Å². The third-order valence-corrected chi connectivity index (χ3v) is 2.13. The van der Waals surface area contributed by atoms with E-state index in [0.29, 0.717) is 0 Å². The molecule has 1 heterocycles. The van der Waals surface area contributed by atoms with Crippen molar-refractivity contribution in [1.82, 2.24) is 9.55 Å². The standard InChI is InChI=1S/C10H14N2O3/c1-7-4-11-9(15)12(5-7)6-10(2,3)8(13)14/h4-5H,6H2,1-3H3,(H,13,14). The molecule has 0 fully saturated rings. The fourth-order valence-corrected chi connectivity index (χ4v) is 1.17. The molecule has 0 aliphatic carbocycles. The molecule has 15 heavy (non-hydrogen) atoms. The summed E-state index contributed by atoms with van der Waals surface area (Å²) in [6, 6.07) is 0. The molecule has 0 saturated heterocycles. The summed E-state index contributed by atoms with van der Waals surface area (Å²) in [4.78, 5) is 25.9. The van der Waals surface area contributed by atoms with E-state index >= 15 is 0 Å². The van der Waals surface area contributed by atoms with Gasteiger partial charge in [0.1, 0.15) is 0 Å². The molecule has 1 aromatic heterocycles. The van der Waals surface area contributed by atoms with E-state index in [4.69, 9.17) is 5.11 Å². The molecule has 0 aromatic carbocycles. The summed E-state index contributed by atoms with van der Waals surface area (Å²) >= 11 is 0. The van der Waals surface area contributed by atoms with Crippen LogP contribution >= 0.6 is 0 Å². The van der Waals surface area contributed by atoms with Crippen LogP contribution in [0.25, 0.3) is 0 Å². The first kappa shape index (κ1) is 11.4. The normalized spacial score (nSPS) is 11.4. The van der Waals surface area contributed by atoms with Gasteiger partial charge in [-0.25, -0.2) is 9.78 Å². The van der Waals surface area contributed by atoms with Gasteiger partial charge in [-0.2, -0.15) is 0 Å². The van der Waals surface area contributed by atoms with E-state index in [1.54, 1.807) is 27.0 Å². The highest BCUT2D eigenvalue weighted by molar-refractivity contribution is 5.73. The molecule has 5 nitrogen and oxygen atoms in total. The predicted molar refractivity (Wildman–Crippen MR) is 54.7 cm³/mol. The molecule has 0 aliphatic heterocycles. The van der Waals surface area contributed by atoms with Crippen molar-refractivity contribution >= 4 is 5.97 Å². The average molecular weight is 210 g/mol. The summed E-state index contributed by atoms with van der Waals surface area (Å²) < 4.78 is 1.32. The lowest BCUT2D eigenvalue weighted by Gasteiger charge is -2.19. The summed E-state index contributed by atoms with van der Waals surface area (Å²) in [5.41, 5.74) is -0.565. The summed E-state index contributed by atoms with van der Waals surface area (Å²) in [5, 5.41) is 8.93. The number of hydrogen-bond acceptors (Lipinski definition) is 3. The molecule has 0 saturated carbocycles. The minimum Gasteiger partial charge on any atom is -0.481 e. The number of nitrogens with zero attached hydrogens (tertiary/aromatic N) is 2. The minimum atomic E-state index is -0.973. The van der Waals surface area contributed by atoms with Crippen LogP contribution in [-0.4, -0.2) is 20.6 Å². The van der Waals surface area contributed by atoms with Crippen molar-refractivity contribution in [1.29, 1.82) is 0 Å². The van der Waals surface area contributed by atoms with Crippen LogP contribution in [0, 0.1) is 12.3 Å². The Bertz CT molecular complexity index is 435. The van der Waals surface area contributed by atoms with E-state index in [9.17, 15) is 9.59 Å². The minimum absolute atomic E-state index is 0.121. The Kier molecular flexibility index (Phi) is 2.93. The number of hydrogen-bond donors (Lipinski definition) is 1. The zero-order valence-corrected chi connectivity index (χ0v) is 9.02. The fourth-order valence-electron chi connectivity index (χ4n) is 1.17. The molecule has 0 atom stereocenters. The maximum absolute atomic E-state index is 11.3. The van der Waals surface area contributed by atoms with Crippen LogP contribution in [0.5, 0.6) is 0 Å². The number of carboxylic acid groups (broad SMARTS) is 1. The highest BCUT2D eigenvalue weighted by Crippen LogP contribution is 2.17. The van der Waals surface area contributed by atoms with Gasteiger partial charge in [0, 0.05) is 18.9 Å². The Labute approximate surface area is 87.4 Å². The number of aliphatic carboxylic acids is 1. The van der Waals surface area contributed by atoms with Gasteiger partial charge in [0.05, 0.1) is 5.41 Å². The van der Waals surface area contributed by atoms with E-state index < -0.39 is 17.1 Å². The maximum Gasteiger partial charge on any atom is 0.347 e. The molecular weight excluding hydrogens is 196 g/mol. The monoisotopic (exact) mass is 210 g/mol. The molecule has 0 bridgehead atoms.